The van der Waals surface area contributed by atoms with Crippen LogP contribution in [0.3, 0.4) is 0 Å². The molecule has 9 N–H and O–H groups in total. The van der Waals surface area contributed by atoms with Gasteiger partial charge in [-0.15, -0.1) is 0 Å². The van der Waals surface area contributed by atoms with Crippen molar-refractivity contribution in [2.75, 3.05) is 13.2 Å². The number of hydrogen-bond donors (Lipinski definition) is 9. The van der Waals surface area contributed by atoms with E-state index in [9.17, 15) is 45.6 Å². The highest BCUT2D eigenvalue weighted by Crippen LogP contribution is 2.30. The first-order chi connectivity index (χ1) is 14.5. The number of hydrogen-bond acceptors (Lipinski definition) is 14. The lowest BCUT2D eigenvalue weighted by molar-refractivity contribution is -0.368. The molecule has 180 valence electrons. The lowest BCUT2D eigenvalue weighted by Gasteiger charge is -2.45. The number of carboxylic acids is 1. The lowest BCUT2D eigenvalue weighted by atomic mass is 9.98. The van der Waals surface area contributed by atoms with Crippen molar-refractivity contribution in [1.82, 2.24) is 0 Å². The third-order valence-corrected chi connectivity index (χ3v) is 5.27. The number of ether oxygens (including phenoxy) is 5. The SMILES string of the molecule is O=C(O)[C@H]1OC(O)[C@H](O)[C@@H](O[C@@H]2OC[C@@H](O)[C@H](O)[C@H]2O[C@@H]2OC[C@@H](O)[C@H](O)[C@H]2O)[C@@H]1O. The van der Waals surface area contributed by atoms with E-state index in [-0.39, 0.29) is 0 Å². The second kappa shape index (κ2) is 9.84. The van der Waals surface area contributed by atoms with Gasteiger partial charge >= 0.3 is 5.97 Å². The molecule has 0 aromatic rings. The minimum Gasteiger partial charge on any atom is -0.479 e. The van der Waals surface area contributed by atoms with Gasteiger partial charge in [0.2, 0.25) is 0 Å². The molecule has 15 nitrogen and oxygen atoms in total. The molecule has 3 fully saturated rings. The highest BCUT2D eigenvalue weighted by Gasteiger charge is 2.52. The number of aliphatic carboxylic acids is 1. The Bertz CT molecular complexity index is 620. The molecule has 13 atom stereocenters. The van der Waals surface area contributed by atoms with Crippen LogP contribution < -0.4 is 0 Å². The predicted molar refractivity (Wildman–Crippen MR) is 89.8 cm³/mol. The third kappa shape index (κ3) is 4.98. The van der Waals surface area contributed by atoms with Crippen LogP contribution in [0.5, 0.6) is 0 Å². The summed E-state index contributed by atoms with van der Waals surface area (Å²) in [6, 6.07) is 0. The topological polar surface area (TPSA) is 245 Å². The second-order valence-electron chi connectivity index (χ2n) is 7.48. The van der Waals surface area contributed by atoms with Gasteiger partial charge in [0.15, 0.2) is 25.0 Å². The summed E-state index contributed by atoms with van der Waals surface area (Å²) in [7, 11) is 0. The van der Waals surface area contributed by atoms with Crippen molar-refractivity contribution >= 4 is 5.97 Å². The number of carbonyl (C=O) groups is 1. The standard InChI is InChI=1S/C16H26O15/c17-3-1-27-15(7(21)5(3)19)31-12-6(20)4(18)2-28-16(12)30-10-8(22)11(13(24)25)29-14(26)9(10)23/h3-12,14-23,26H,1-2H2,(H,24,25)/t3-,4-,5+,6+,7-,8+,9-,10+,11+,12-,14?,15+,16+/m1/s1. The molecule has 3 heterocycles. The first-order valence-corrected chi connectivity index (χ1v) is 9.39. The van der Waals surface area contributed by atoms with Gasteiger partial charge in [-0.05, 0) is 0 Å². The third-order valence-electron chi connectivity index (χ3n) is 5.27. The Morgan fingerprint density at radius 1 is 0.677 bits per heavy atom. The van der Waals surface area contributed by atoms with E-state index in [0.29, 0.717) is 0 Å². The summed E-state index contributed by atoms with van der Waals surface area (Å²) in [5, 5.41) is 88.7. The molecule has 0 bridgehead atoms. The van der Waals surface area contributed by atoms with Crippen molar-refractivity contribution in [2.24, 2.45) is 0 Å². The normalized spacial score (nSPS) is 51.4. The summed E-state index contributed by atoms with van der Waals surface area (Å²) in [5.74, 6) is -1.65. The van der Waals surface area contributed by atoms with Gasteiger partial charge in [-0.25, -0.2) is 4.79 Å². The highest BCUT2D eigenvalue weighted by atomic mass is 16.8. The Kier molecular flexibility index (Phi) is 7.80. The van der Waals surface area contributed by atoms with Gasteiger partial charge in [0.1, 0.15) is 54.9 Å². The van der Waals surface area contributed by atoms with Crippen molar-refractivity contribution in [3.05, 3.63) is 0 Å². The first-order valence-electron chi connectivity index (χ1n) is 9.39. The van der Waals surface area contributed by atoms with E-state index in [1.807, 2.05) is 0 Å². The maximum absolute atomic E-state index is 11.2. The predicted octanol–water partition coefficient (Wildman–Crippen LogP) is -6.20. The molecule has 0 radical (unpaired) electrons. The van der Waals surface area contributed by atoms with E-state index in [0.717, 1.165) is 0 Å². The molecule has 0 saturated carbocycles. The highest BCUT2D eigenvalue weighted by molar-refractivity contribution is 5.73. The van der Waals surface area contributed by atoms with Crippen molar-refractivity contribution < 1.29 is 74.4 Å². The van der Waals surface area contributed by atoms with Gasteiger partial charge in [-0.2, -0.15) is 0 Å². The number of aliphatic hydroxyl groups is 8. The van der Waals surface area contributed by atoms with Crippen LogP contribution in [0.4, 0.5) is 0 Å². The molecule has 31 heavy (non-hydrogen) atoms. The van der Waals surface area contributed by atoms with Crippen LogP contribution in [0.1, 0.15) is 0 Å². The molecule has 3 aliphatic rings. The minimum absolute atomic E-state index is 0.426. The Morgan fingerprint density at radius 2 is 1.23 bits per heavy atom. The van der Waals surface area contributed by atoms with Crippen LogP contribution in [0.15, 0.2) is 0 Å². The fraction of sp³-hybridized carbons (Fsp3) is 0.938. The van der Waals surface area contributed by atoms with E-state index >= 15 is 0 Å². The average Bonchev–Trinajstić information content (AvgIpc) is 2.72. The summed E-state index contributed by atoms with van der Waals surface area (Å²) < 4.78 is 25.7. The van der Waals surface area contributed by atoms with E-state index in [1.165, 1.54) is 0 Å². The minimum atomic E-state index is -2.03. The van der Waals surface area contributed by atoms with Crippen LogP contribution in [0, 0.1) is 0 Å². The molecule has 0 spiro atoms. The molecule has 15 heteroatoms. The van der Waals surface area contributed by atoms with Crippen LogP contribution >= 0.6 is 0 Å². The summed E-state index contributed by atoms with van der Waals surface area (Å²) in [5.41, 5.74) is 0. The van der Waals surface area contributed by atoms with Crippen molar-refractivity contribution in [2.45, 2.75) is 79.9 Å². The van der Waals surface area contributed by atoms with Gasteiger partial charge in [-0.1, -0.05) is 0 Å². The molecule has 3 rings (SSSR count). The molecule has 0 amide bonds. The summed E-state index contributed by atoms with van der Waals surface area (Å²) >= 11 is 0. The van der Waals surface area contributed by atoms with Crippen LogP contribution in [0.2, 0.25) is 0 Å². The lowest BCUT2D eigenvalue weighted by Crippen LogP contribution is -2.65. The Morgan fingerprint density at radius 3 is 1.84 bits per heavy atom. The van der Waals surface area contributed by atoms with E-state index in [4.69, 9.17) is 24.1 Å². The van der Waals surface area contributed by atoms with Gasteiger partial charge in [0.25, 0.3) is 0 Å². The van der Waals surface area contributed by atoms with Gasteiger partial charge < -0.3 is 69.6 Å². The molecule has 0 aromatic carbocycles. The largest absolute Gasteiger partial charge is 0.479 e. The Hall–Kier alpha value is -1.05. The van der Waals surface area contributed by atoms with Crippen LogP contribution in [-0.4, -0.2) is 145 Å². The summed E-state index contributed by atoms with van der Waals surface area (Å²) in [4.78, 5) is 11.2. The van der Waals surface area contributed by atoms with E-state index in [1.54, 1.807) is 0 Å². The smallest absolute Gasteiger partial charge is 0.335 e. The Balaban J connectivity index is 1.77. The van der Waals surface area contributed by atoms with Gasteiger partial charge in [0, 0.05) is 0 Å². The maximum atomic E-state index is 11.2. The zero-order valence-corrected chi connectivity index (χ0v) is 15.9. The number of carboxylic acid groups (broad SMARTS) is 1. The van der Waals surface area contributed by atoms with Crippen molar-refractivity contribution in [3.63, 3.8) is 0 Å². The Labute approximate surface area is 174 Å². The van der Waals surface area contributed by atoms with Crippen LogP contribution in [0.25, 0.3) is 0 Å². The zero-order chi connectivity index (χ0) is 23.0. The number of aliphatic hydroxyl groups excluding tert-OH is 8. The molecule has 0 aliphatic carbocycles. The molecule has 3 saturated heterocycles. The average molecular weight is 458 g/mol. The molecule has 1 unspecified atom stereocenters. The molecular weight excluding hydrogens is 432 g/mol. The second-order valence-corrected chi connectivity index (χ2v) is 7.48. The first kappa shape index (κ1) is 24.6. The fourth-order valence-corrected chi connectivity index (χ4v) is 3.45. The van der Waals surface area contributed by atoms with E-state index in [2.05, 4.69) is 4.74 Å². The fourth-order valence-electron chi connectivity index (χ4n) is 3.45. The summed E-state index contributed by atoms with van der Waals surface area (Å²) in [6.07, 6.45) is -22.5. The zero-order valence-electron chi connectivity index (χ0n) is 15.9. The van der Waals surface area contributed by atoms with Gasteiger partial charge in [-0.3, -0.25) is 0 Å². The molecule has 3 aliphatic heterocycles. The maximum Gasteiger partial charge on any atom is 0.335 e. The monoisotopic (exact) mass is 458 g/mol. The van der Waals surface area contributed by atoms with Crippen LogP contribution in [-0.2, 0) is 28.5 Å². The van der Waals surface area contributed by atoms with Crippen molar-refractivity contribution in [1.29, 1.82) is 0 Å². The molecular formula is C16H26O15. The quantitative estimate of drug-likeness (QED) is 0.186. The molecule has 0 aromatic heterocycles. The van der Waals surface area contributed by atoms with Gasteiger partial charge in [0.05, 0.1) is 13.2 Å². The van der Waals surface area contributed by atoms with Crippen molar-refractivity contribution in [3.8, 4) is 0 Å². The van der Waals surface area contributed by atoms with E-state index < -0.39 is 99.1 Å². The number of rotatable bonds is 5. The summed E-state index contributed by atoms with van der Waals surface area (Å²) in [6.45, 7) is -0.911.